The number of carbonyl (C=O) groups excluding carboxylic acids is 2. The predicted molar refractivity (Wildman–Crippen MR) is 70.8 cm³/mol. The van der Waals surface area contributed by atoms with E-state index in [0.717, 1.165) is 12.8 Å². The minimum absolute atomic E-state index is 0.220. The number of hydrogen-bond donors (Lipinski definition) is 2. The second-order valence-electron chi connectivity index (χ2n) is 5.81. The van der Waals surface area contributed by atoms with Crippen molar-refractivity contribution in [2.24, 2.45) is 5.92 Å². The molecule has 0 radical (unpaired) electrons. The fourth-order valence-electron chi connectivity index (χ4n) is 1.97. The third kappa shape index (κ3) is 5.92. The average Bonchev–Trinajstić information content (AvgIpc) is 2.34. The van der Waals surface area contributed by atoms with Crippen molar-refractivity contribution in [3.63, 3.8) is 0 Å². The van der Waals surface area contributed by atoms with Crippen LogP contribution in [0.4, 0.5) is 4.79 Å². The molecule has 0 aromatic rings. The quantitative estimate of drug-likeness (QED) is 0.751. The van der Waals surface area contributed by atoms with Crippen LogP contribution >= 0.6 is 0 Å². The molecule has 1 saturated heterocycles. The minimum atomic E-state index is -0.481. The number of piperidine rings is 1. The Kier molecular flexibility index (Phi) is 5.60. The van der Waals surface area contributed by atoms with Gasteiger partial charge in [-0.1, -0.05) is 0 Å². The van der Waals surface area contributed by atoms with E-state index in [0.29, 0.717) is 19.0 Å². The number of methoxy groups -OCH3 is 1. The molecule has 0 aliphatic carbocycles. The van der Waals surface area contributed by atoms with Crippen molar-refractivity contribution in [1.82, 2.24) is 10.6 Å². The van der Waals surface area contributed by atoms with Crippen LogP contribution in [0.25, 0.3) is 0 Å². The van der Waals surface area contributed by atoms with E-state index in [1.807, 2.05) is 20.8 Å². The van der Waals surface area contributed by atoms with Crippen LogP contribution in [0, 0.1) is 5.92 Å². The number of amides is 1. The summed E-state index contributed by atoms with van der Waals surface area (Å²) in [6.07, 6.45) is 1.21. The summed E-state index contributed by atoms with van der Waals surface area (Å²) in [4.78, 5) is 22.8. The summed E-state index contributed by atoms with van der Waals surface area (Å²) in [6, 6.07) is -0.220. The van der Waals surface area contributed by atoms with Crippen LogP contribution in [0.5, 0.6) is 0 Å². The van der Waals surface area contributed by atoms with Gasteiger partial charge in [-0.05, 0) is 39.5 Å². The highest BCUT2D eigenvalue weighted by molar-refractivity contribution is 5.75. The number of ether oxygens (including phenoxy) is 2. The fraction of sp³-hybridized carbons (Fsp3) is 0.846. The Morgan fingerprint density at radius 2 is 2.00 bits per heavy atom. The molecule has 6 heteroatoms. The molecule has 0 unspecified atom stereocenters. The van der Waals surface area contributed by atoms with Crippen molar-refractivity contribution < 1.29 is 19.1 Å². The first-order chi connectivity index (χ1) is 8.81. The van der Waals surface area contributed by atoms with Gasteiger partial charge >= 0.3 is 12.1 Å². The Balaban J connectivity index is 2.23. The van der Waals surface area contributed by atoms with Gasteiger partial charge in [-0.3, -0.25) is 4.79 Å². The predicted octanol–water partition coefficient (Wildman–Crippen LogP) is 1.05. The molecule has 0 saturated carbocycles. The third-order valence-electron chi connectivity index (χ3n) is 2.94. The summed E-state index contributed by atoms with van der Waals surface area (Å²) >= 11 is 0. The van der Waals surface area contributed by atoms with Crippen LogP contribution in [0.1, 0.15) is 33.6 Å². The molecule has 2 atom stereocenters. The Bertz CT molecular complexity index is 317. The summed E-state index contributed by atoms with van der Waals surface area (Å²) in [5.74, 6) is 0.0898. The van der Waals surface area contributed by atoms with Gasteiger partial charge in [0.2, 0.25) is 0 Å². The Morgan fingerprint density at radius 1 is 1.32 bits per heavy atom. The van der Waals surface area contributed by atoms with Gasteiger partial charge in [0.15, 0.2) is 0 Å². The molecule has 1 fully saturated rings. The lowest BCUT2D eigenvalue weighted by molar-refractivity contribution is -0.143. The molecule has 19 heavy (non-hydrogen) atoms. The van der Waals surface area contributed by atoms with Crippen molar-refractivity contribution in [3.8, 4) is 0 Å². The van der Waals surface area contributed by atoms with Crippen LogP contribution in [0.3, 0.4) is 0 Å². The van der Waals surface area contributed by atoms with E-state index < -0.39 is 11.7 Å². The van der Waals surface area contributed by atoms with Crippen LogP contribution in [0.2, 0.25) is 0 Å². The summed E-state index contributed by atoms with van der Waals surface area (Å²) in [5.41, 5.74) is -0.481. The first-order valence-corrected chi connectivity index (χ1v) is 6.60. The van der Waals surface area contributed by atoms with Crippen molar-refractivity contribution in [1.29, 1.82) is 0 Å². The Hall–Kier alpha value is -1.30. The molecule has 1 aliphatic heterocycles. The highest BCUT2D eigenvalue weighted by Gasteiger charge is 2.26. The van der Waals surface area contributed by atoms with E-state index in [1.165, 1.54) is 7.11 Å². The molecule has 6 nitrogen and oxygen atoms in total. The van der Waals surface area contributed by atoms with Crippen molar-refractivity contribution in [2.45, 2.75) is 45.3 Å². The average molecular weight is 272 g/mol. The second kappa shape index (κ2) is 6.75. The van der Waals surface area contributed by atoms with Crippen molar-refractivity contribution in [3.05, 3.63) is 0 Å². The number of nitrogens with one attached hydrogen (secondary N) is 2. The first-order valence-electron chi connectivity index (χ1n) is 6.60. The normalized spacial score (nSPS) is 23.6. The van der Waals surface area contributed by atoms with Gasteiger partial charge in [0.05, 0.1) is 7.11 Å². The number of rotatable bonds is 3. The summed E-state index contributed by atoms with van der Waals surface area (Å²) < 4.78 is 9.85. The molecule has 0 aromatic carbocycles. The summed E-state index contributed by atoms with van der Waals surface area (Å²) in [5, 5.41) is 5.87. The monoisotopic (exact) mass is 272 g/mol. The molecule has 1 aliphatic rings. The lowest BCUT2D eigenvalue weighted by Gasteiger charge is -2.28. The zero-order valence-corrected chi connectivity index (χ0v) is 12.1. The number of alkyl carbamates (subject to hydrolysis) is 1. The smallest absolute Gasteiger partial charge is 0.407 e. The van der Waals surface area contributed by atoms with Crippen LogP contribution in [-0.2, 0) is 14.3 Å². The van der Waals surface area contributed by atoms with Crippen molar-refractivity contribution in [2.75, 3.05) is 20.2 Å². The number of carbonyl (C=O) groups is 2. The molecule has 1 rings (SSSR count). The summed E-state index contributed by atoms with van der Waals surface area (Å²) in [6.45, 7) is 6.73. The Morgan fingerprint density at radius 3 is 2.47 bits per heavy atom. The first kappa shape index (κ1) is 15.8. The maximum atomic E-state index is 11.5. The van der Waals surface area contributed by atoms with Gasteiger partial charge in [-0.25, -0.2) is 4.79 Å². The second-order valence-corrected chi connectivity index (χ2v) is 5.81. The van der Waals surface area contributed by atoms with Gasteiger partial charge < -0.3 is 20.1 Å². The molecule has 1 heterocycles. The highest BCUT2D eigenvalue weighted by atomic mass is 16.6. The van der Waals surface area contributed by atoms with E-state index >= 15 is 0 Å². The lowest BCUT2D eigenvalue weighted by atomic mass is 9.95. The van der Waals surface area contributed by atoms with E-state index in [1.54, 1.807) is 0 Å². The van der Waals surface area contributed by atoms with Gasteiger partial charge in [0.25, 0.3) is 0 Å². The zero-order valence-electron chi connectivity index (χ0n) is 12.1. The fourth-order valence-corrected chi connectivity index (χ4v) is 1.97. The molecule has 2 N–H and O–H groups in total. The van der Waals surface area contributed by atoms with E-state index in [4.69, 9.17) is 4.74 Å². The SMILES string of the molecule is COC(=O)[C@@H]1CC[C@@H](CNC(=O)OC(C)(C)C)CN1. The third-order valence-corrected chi connectivity index (χ3v) is 2.94. The topological polar surface area (TPSA) is 76.7 Å². The summed E-state index contributed by atoms with van der Waals surface area (Å²) in [7, 11) is 1.39. The number of hydrogen-bond acceptors (Lipinski definition) is 5. The highest BCUT2D eigenvalue weighted by Crippen LogP contribution is 2.15. The van der Waals surface area contributed by atoms with Crippen LogP contribution in [-0.4, -0.2) is 43.9 Å². The Labute approximate surface area is 114 Å². The maximum Gasteiger partial charge on any atom is 0.407 e. The molecule has 1 amide bonds. The lowest BCUT2D eigenvalue weighted by Crippen LogP contribution is -2.47. The largest absolute Gasteiger partial charge is 0.468 e. The number of esters is 1. The molecular formula is C13H24N2O4. The maximum absolute atomic E-state index is 11.5. The molecule has 0 spiro atoms. The van der Waals surface area contributed by atoms with E-state index in [9.17, 15) is 9.59 Å². The van der Waals surface area contributed by atoms with E-state index in [-0.39, 0.29) is 12.0 Å². The van der Waals surface area contributed by atoms with Gasteiger partial charge in [0.1, 0.15) is 11.6 Å². The van der Waals surface area contributed by atoms with Crippen molar-refractivity contribution >= 4 is 12.1 Å². The van der Waals surface area contributed by atoms with Crippen LogP contribution < -0.4 is 10.6 Å². The minimum Gasteiger partial charge on any atom is -0.468 e. The molecule has 0 bridgehead atoms. The van der Waals surface area contributed by atoms with Crippen LogP contribution in [0.15, 0.2) is 0 Å². The van der Waals surface area contributed by atoms with Gasteiger partial charge in [-0.15, -0.1) is 0 Å². The molecule has 0 aromatic heterocycles. The van der Waals surface area contributed by atoms with Gasteiger partial charge in [0, 0.05) is 13.1 Å². The van der Waals surface area contributed by atoms with E-state index in [2.05, 4.69) is 15.4 Å². The standard InChI is InChI=1S/C13H24N2O4/c1-13(2,3)19-12(17)15-8-9-5-6-10(14-7-9)11(16)18-4/h9-10,14H,5-8H2,1-4H3,(H,15,17)/t9-,10+/m1/s1. The molecular weight excluding hydrogens is 248 g/mol. The van der Waals surface area contributed by atoms with Gasteiger partial charge in [-0.2, -0.15) is 0 Å². The zero-order chi connectivity index (χ0) is 14.5. The molecule has 110 valence electrons.